The Bertz CT molecular complexity index is 489. The summed E-state index contributed by atoms with van der Waals surface area (Å²) >= 11 is 0. The summed E-state index contributed by atoms with van der Waals surface area (Å²) < 4.78 is 5.83. The smallest absolute Gasteiger partial charge is 0.225 e. The van der Waals surface area contributed by atoms with Crippen molar-refractivity contribution >= 4 is 5.95 Å². The third-order valence-corrected chi connectivity index (χ3v) is 4.78. The minimum atomic E-state index is 0.292. The standard InChI is InChI=1S/C15H22N4O/c1-10-7-12(11-3-2-4-11)18-15(17-10)19-8-13-14(9-19)20-6-5-16-13/h7,11,13-14,16H,2-6,8-9H2,1H3/t13-,14-/m0/s1. The molecule has 20 heavy (non-hydrogen) atoms. The van der Waals surface area contributed by atoms with Gasteiger partial charge in [-0.25, -0.2) is 9.97 Å². The number of fused-ring (bicyclic) bond motifs is 1. The van der Waals surface area contributed by atoms with E-state index in [4.69, 9.17) is 9.72 Å². The van der Waals surface area contributed by atoms with Crippen molar-refractivity contribution in [2.24, 2.45) is 0 Å². The molecule has 5 nitrogen and oxygen atoms in total. The van der Waals surface area contributed by atoms with Crippen LogP contribution in [0.5, 0.6) is 0 Å². The van der Waals surface area contributed by atoms with Gasteiger partial charge in [-0.1, -0.05) is 6.42 Å². The van der Waals surface area contributed by atoms with E-state index in [2.05, 4.69) is 28.2 Å². The minimum absolute atomic E-state index is 0.292. The van der Waals surface area contributed by atoms with E-state index in [0.717, 1.165) is 37.9 Å². The highest BCUT2D eigenvalue weighted by molar-refractivity contribution is 5.36. The maximum atomic E-state index is 5.83. The van der Waals surface area contributed by atoms with Crippen molar-refractivity contribution in [3.8, 4) is 0 Å². The number of hydrogen-bond acceptors (Lipinski definition) is 5. The molecule has 4 rings (SSSR count). The van der Waals surface area contributed by atoms with E-state index in [1.54, 1.807) is 0 Å². The molecule has 0 amide bonds. The van der Waals surface area contributed by atoms with Crippen LogP contribution in [0.15, 0.2) is 6.07 Å². The molecule has 3 fully saturated rings. The van der Waals surface area contributed by atoms with Gasteiger partial charge in [0.05, 0.1) is 18.8 Å². The van der Waals surface area contributed by atoms with Gasteiger partial charge in [0.1, 0.15) is 0 Å². The highest BCUT2D eigenvalue weighted by Gasteiger charge is 2.36. The fourth-order valence-electron chi connectivity index (χ4n) is 3.39. The van der Waals surface area contributed by atoms with Crippen molar-refractivity contribution in [2.75, 3.05) is 31.1 Å². The molecule has 1 aromatic rings. The van der Waals surface area contributed by atoms with Gasteiger partial charge in [-0.2, -0.15) is 0 Å². The predicted molar refractivity (Wildman–Crippen MR) is 77.1 cm³/mol. The zero-order valence-corrected chi connectivity index (χ0v) is 12.0. The van der Waals surface area contributed by atoms with Crippen LogP contribution in [-0.4, -0.2) is 48.4 Å². The minimum Gasteiger partial charge on any atom is -0.373 e. The molecular weight excluding hydrogens is 252 g/mol. The van der Waals surface area contributed by atoms with Crippen molar-refractivity contribution in [1.29, 1.82) is 0 Å². The van der Waals surface area contributed by atoms with Crippen molar-refractivity contribution in [1.82, 2.24) is 15.3 Å². The van der Waals surface area contributed by atoms with Crippen LogP contribution < -0.4 is 10.2 Å². The normalized spacial score (nSPS) is 30.1. The van der Waals surface area contributed by atoms with Gasteiger partial charge in [-0.05, 0) is 25.8 Å². The van der Waals surface area contributed by atoms with E-state index in [0.29, 0.717) is 18.1 Å². The zero-order valence-electron chi connectivity index (χ0n) is 12.0. The number of rotatable bonds is 2. The highest BCUT2D eigenvalue weighted by atomic mass is 16.5. The first-order chi connectivity index (χ1) is 9.79. The van der Waals surface area contributed by atoms with Gasteiger partial charge in [0.25, 0.3) is 0 Å². The number of morpholine rings is 1. The van der Waals surface area contributed by atoms with Gasteiger partial charge < -0.3 is 15.0 Å². The maximum Gasteiger partial charge on any atom is 0.225 e. The largest absolute Gasteiger partial charge is 0.373 e. The molecule has 0 spiro atoms. The summed E-state index contributed by atoms with van der Waals surface area (Å²) in [6.07, 6.45) is 4.20. The van der Waals surface area contributed by atoms with Crippen LogP contribution in [0.25, 0.3) is 0 Å². The maximum absolute atomic E-state index is 5.83. The van der Waals surface area contributed by atoms with Gasteiger partial charge in [-0.3, -0.25) is 0 Å². The Labute approximate surface area is 119 Å². The van der Waals surface area contributed by atoms with Crippen molar-refractivity contribution < 1.29 is 4.74 Å². The lowest BCUT2D eigenvalue weighted by Gasteiger charge is -2.26. The number of nitrogens with zero attached hydrogens (tertiary/aromatic N) is 3. The fraction of sp³-hybridized carbons (Fsp3) is 0.733. The van der Waals surface area contributed by atoms with E-state index in [1.165, 1.54) is 25.0 Å². The third-order valence-electron chi connectivity index (χ3n) is 4.78. The van der Waals surface area contributed by atoms with Crippen LogP contribution in [-0.2, 0) is 4.74 Å². The zero-order chi connectivity index (χ0) is 13.5. The van der Waals surface area contributed by atoms with Crippen LogP contribution in [0.3, 0.4) is 0 Å². The molecule has 1 N–H and O–H groups in total. The van der Waals surface area contributed by atoms with E-state index in [9.17, 15) is 0 Å². The first-order valence-electron chi connectivity index (χ1n) is 7.75. The van der Waals surface area contributed by atoms with Gasteiger partial charge in [0.2, 0.25) is 5.95 Å². The second-order valence-electron chi connectivity index (χ2n) is 6.24. The molecule has 1 saturated carbocycles. The number of hydrogen-bond donors (Lipinski definition) is 1. The number of aromatic nitrogens is 2. The van der Waals surface area contributed by atoms with Gasteiger partial charge >= 0.3 is 0 Å². The number of aryl methyl sites for hydroxylation is 1. The average Bonchev–Trinajstić information content (AvgIpc) is 2.79. The summed E-state index contributed by atoms with van der Waals surface area (Å²) in [6.45, 7) is 5.71. The van der Waals surface area contributed by atoms with Crippen LogP contribution in [0.1, 0.15) is 36.6 Å². The lowest BCUT2D eigenvalue weighted by molar-refractivity contribution is 0.0212. The Morgan fingerprint density at radius 2 is 2.20 bits per heavy atom. The van der Waals surface area contributed by atoms with E-state index in [-0.39, 0.29) is 0 Å². The van der Waals surface area contributed by atoms with Crippen molar-refractivity contribution in [3.63, 3.8) is 0 Å². The summed E-state index contributed by atoms with van der Waals surface area (Å²) in [5.74, 6) is 1.56. The first-order valence-corrected chi connectivity index (χ1v) is 7.75. The number of nitrogens with one attached hydrogen (secondary N) is 1. The molecule has 0 bridgehead atoms. The molecule has 3 heterocycles. The van der Waals surface area contributed by atoms with Gasteiger partial charge in [0, 0.05) is 36.9 Å². The molecule has 2 saturated heterocycles. The van der Waals surface area contributed by atoms with E-state index >= 15 is 0 Å². The Morgan fingerprint density at radius 3 is 2.95 bits per heavy atom. The van der Waals surface area contributed by atoms with Crippen LogP contribution in [0.4, 0.5) is 5.95 Å². The second kappa shape index (κ2) is 4.97. The van der Waals surface area contributed by atoms with Crippen molar-refractivity contribution in [3.05, 3.63) is 17.5 Å². The van der Waals surface area contributed by atoms with Gasteiger partial charge in [0.15, 0.2) is 0 Å². The molecule has 5 heteroatoms. The predicted octanol–water partition coefficient (Wildman–Crippen LogP) is 1.23. The molecule has 1 aliphatic carbocycles. The number of ether oxygens (including phenoxy) is 1. The lowest BCUT2D eigenvalue weighted by atomic mass is 9.83. The molecule has 2 aliphatic heterocycles. The quantitative estimate of drug-likeness (QED) is 0.879. The molecule has 3 aliphatic rings. The Hall–Kier alpha value is -1.20. The summed E-state index contributed by atoms with van der Waals surface area (Å²) in [5.41, 5.74) is 2.32. The van der Waals surface area contributed by atoms with E-state index in [1.807, 2.05) is 0 Å². The number of anilines is 1. The molecule has 0 aromatic carbocycles. The SMILES string of the molecule is Cc1cc(C2CCC2)nc(N2C[C@@H]3NCCO[C@H]3C2)n1. The lowest BCUT2D eigenvalue weighted by Crippen LogP contribution is -2.47. The fourth-order valence-corrected chi connectivity index (χ4v) is 3.39. The second-order valence-corrected chi connectivity index (χ2v) is 6.24. The molecule has 0 radical (unpaired) electrons. The monoisotopic (exact) mass is 274 g/mol. The molecular formula is C15H22N4O. The Kier molecular flexibility index (Phi) is 3.11. The average molecular weight is 274 g/mol. The topological polar surface area (TPSA) is 50.3 Å². The summed E-state index contributed by atoms with van der Waals surface area (Å²) in [5, 5.41) is 3.53. The molecule has 108 valence electrons. The molecule has 1 aromatic heterocycles. The Morgan fingerprint density at radius 1 is 1.30 bits per heavy atom. The highest BCUT2D eigenvalue weighted by Crippen LogP contribution is 2.36. The third kappa shape index (κ3) is 2.19. The van der Waals surface area contributed by atoms with E-state index < -0.39 is 0 Å². The Balaban J connectivity index is 1.57. The molecule has 0 unspecified atom stereocenters. The van der Waals surface area contributed by atoms with Crippen LogP contribution >= 0.6 is 0 Å². The van der Waals surface area contributed by atoms with Gasteiger partial charge in [-0.15, -0.1) is 0 Å². The summed E-state index contributed by atoms with van der Waals surface area (Å²) in [4.78, 5) is 11.8. The molecule has 2 atom stereocenters. The summed E-state index contributed by atoms with van der Waals surface area (Å²) in [6, 6.07) is 2.59. The van der Waals surface area contributed by atoms with Crippen molar-refractivity contribution in [2.45, 2.75) is 44.2 Å². The van der Waals surface area contributed by atoms with Crippen LogP contribution in [0, 0.1) is 6.92 Å². The van der Waals surface area contributed by atoms with Crippen LogP contribution in [0.2, 0.25) is 0 Å². The summed E-state index contributed by atoms with van der Waals surface area (Å²) in [7, 11) is 0. The first kappa shape index (κ1) is 12.5.